The topological polar surface area (TPSA) is 49.8 Å². The van der Waals surface area contributed by atoms with Crippen molar-refractivity contribution in [3.8, 4) is 11.5 Å². The Kier molecular flexibility index (Phi) is 5.51. The van der Waals surface area contributed by atoms with Gasteiger partial charge >= 0.3 is 5.97 Å². The summed E-state index contributed by atoms with van der Waals surface area (Å²) >= 11 is 0. The van der Waals surface area contributed by atoms with Crippen LogP contribution >= 0.6 is 0 Å². The quantitative estimate of drug-likeness (QED) is 0.694. The zero-order valence-electron chi connectivity index (χ0n) is 14.4. The van der Waals surface area contributed by atoms with Gasteiger partial charge in [-0.15, -0.1) is 0 Å². The van der Waals surface area contributed by atoms with Gasteiger partial charge in [0.05, 0.1) is 0 Å². The van der Waals surface area contributed by atoms with Crippen LogP contribution in [0.4, 0.5) is 0 Å². The number of benzene rings is 2. The zero-order chi connectivity index (χ0) is 17.6. The van der Waals surface area contributed by atoms with Crippen molar-refractivity contribution in [3.05, 3.63) is 65.7 Å². The number of ether oxygens (including phenoxy) is 1. The number of fused-ring (bicyclic) bond motifs is 2. The minimum atomic E-state index is -0.731. The fourth-order valence-electron chi connectivity index (χ4n) is 3.08. The smallest absolute Gasteiger partial charge is 0.303 e. The molecule has 0 fully saturated rings. The monoisotopic (exact) mass is 337 g/mol. The Morgan fingerprint density at radius 3 is 2.24 bits per heavy atom. The molecule has 0 atom stereocenters. The number of para-hydroxylation sites is 2. The molecule has 4 heteroatoms. The molecule has 0 bridgehead atoms. The third-order valence-electron chi connectivity index (χ3n) is 4.36. The molecule has 0 radical (unpaired) electrons. The molecule has 0 amide bonds. The van der Waals surface area contributed by atoms with Crippen molar-refractivity contribution >= 4 is 11.5 Å². The Morgan fingerprint density at radius 2 is 1.64 bits per heavy atom. The van der Waals surface area contributed by atoms with E-state index in [1.165, 1.54) is 5.57 Å². The van der Waals surface area contributed by atoms with E-state index >= 15 is 0 Å². The first-order valence-corrected chi connectivity index (χ1v) is 8.62. The average molecular weight is 337 g/mol. The van der Waals surface area contributed by atoms with E-state index in [2.05, 4.69) is 23.1 Å². The summed E-state index contributed by atoms with van der Waals surface area (Å²) in [4.78, 5) is 12.8. The van der Waals surface area contributed by atoms with Gasteiger partial charge < -0.3 is 14.7 Å². The van der Waals surface area contributed by atoms with Crippen molar-refractivity contribution in [2.24, 2.45) is 0 Å². The molecule has 1 aliphatic heterocycles. The molecule has 1 heterocycles. The van der Waals surface area contributed by atoms with E-state index in [1.807, 2.05) is 43.4 Å². The number of hydrogen-bond donors (Lipinski definition) is 1. The highest BCUT2D eigenvalue weighted by molar-refractivity contribution is 5.87. The van der Waals surface area contributed by atoms with Crippen LogP contribution in [0.2, 0.25) is 0 Å². The van der Waals surface area contributed by atoms with Gasteiger partial charge in [0, 0.05) is 24.1 Å². The van der Waals surface area contributed by atoms with E-state index in [4.69, 9.17) is 9.84 Å². The summed E-state index contributed by atoms with van der Waals surface area (Å²) in [6.07, 6.45) is 4.07. The van der Waals surface area contributed by atoms with Crippen LogP contribution in [0.3, 0.4) is 0 Å². The maximum atomic E-state index is 10.6. The highest BCUT2D eigenvalue weighted by Gasteiger charge is 2.20. The lowest BCUT2D eigenvalue weighted by molar-refractivity contribution is -0.137. The minimum Gasteiger partial charge on any atom is -0.481 e. The zero-order valence-corrected chi connectivity index (χ0v) is 14.4. The molecule has 0 saturated heterocycles. The second-order valence-electron chi connectivity index (χ2n) is 6.30. The summed E-state index contributed by atoms with van der Waals surface area (Å²) in [5, 5.41) is 8.72. The lowest BCUT2D eigenvalue weighted by atomic mass is 9.93. The Morgan fingerprint density at radius 1 is 1.04 bits per heavy atom. The van der Waals surface area contributed by atoms with Gasteiger partial charge in [0.25, 0.3) is 0 Å². The molecule has 1 N–H and O–H groups in total. The fraction of sp³-hybridized carbons (Fsp3) is 0.286. The molecule has 4 nitrogen and oxygen atoms in total. The maximum Gasteiger partial charge on any atom is 0.303 e. The predicted octanol–water partition coefficient (Wildman–Crippen LogP) is 4.41. The van der Waals surface area contributed by atoms with Crippen LogP contribution < -0.4 is 4.74 Å². The number of rotatable bonds is 7. The first-order chi connectivity index (χ1) is 12.1. The van der Waals surface area contributed by atoms with Gasteiger partial charge in [-0.05, 0) is 44.1 Å². The van der Waals surface area contributed by atoms with Crippen molar-refractivity contribution < 1.29 is 14.6 Å². The SMILES string of the molecule is CN(CCC=C1c2ccccc2Oc2ccccc21)CCCC(=O)O. The largest absolute Gasteiger partial charge is 0.481 e. The summed E-state index contributed by atoms with van der Waals surface area (Å²) in [6, 6.07) is 16.2. The van der Waals surface area contributed by atoms with E-state index in [-0.39, 0.29) is 6.42 Å². The first-order valence-electron chi connectivity index (χ1n) is 8.62. The number of hydrogen-bond acceptors (Lipinski definition) is 3. The van der Waals surface area contributed by atoms with Gasteiger partial charge in [-0.25, -0.2) is 0 Å². The Balaban J connectivity index is 1.71. The molecule has 2 aromatic carbocycles. The number of aliphatic carboxylic acids is 1. The van der Waals surface area contributed by atoms with E-state index in [0.29, 0.717) is 6.42 Å². The van der Waals surface area contributed by atoms with Gasteiger partial charge in [0.15, 0.2) is 0 Å². The third kappa shape index (κ3) is 4.28. The molecular weight excluding hydrogens is 314 g/mol. The molecule has 0 spiro atoms. The van der Waals surface area contributed by atoms with Gasteiger partial charge in [-0.1, -0.05) is 42.5 Å². The van der Waals surface area contributed by atoms with Crippen LogP contribution in [0.1, 0.15) is 30.4 Å². The number of carboxylic acids is 1. The second-order valence-corrected chi connectivity index (χ2v) is 6.30. The van der Waals surface area contributed by atoms with Gasteiger partial charge in [-0.3, -0.25) is 4.79 Å². The van der Waals surface area contributed by atoms with Crippen LogP contribution in [0, 0.1) is 0 Å². The van der Waals surface area contributed by atoms with Crippen LogP contribution in [0.25, 0.3) is 5.57 Å². The summed E-state index contributed by atoms with van der Waals surface area (Å²) in [6.45, 7) is 1.69. The Hall–Kier alpha value is -2.59. The highest BCUT2D eigenvalue weighted by atomic mass is 16.5. The molecule has 2 aromatic rings. The van der Waals surface area contributed by atoms with E-state index in [9.17, 15) is 4.79 Å². The van der Waals surface area contributed by atoms with E-state index in [0.717, 1.165) is 42.1 Å². The fourth-order valence-corrected chi connectivity index (χ4v) is 3.08. The van der Waals surface area contributed by atoms with Crippen molar-refractivity contribution in [3.63, 3.8) is 0 Å². The average Bonchev–Trinajstić information content (AvgIpc) is 2.60. The van der Waals surface area contributed by atoms with Crippen molar-refractivity contribution in [1.82, 2.24) is 4.90 Å². The lowest BCUT2D eigenvalue weighted by Gasteiger charge is -2.23. The summed E-state index contributed by atoms with van der Waals surface area (Å²) in [5.74, 6) is 1.05. The summed E-state index contributed by atoms with van der Waals surface area (Å²) in [5.41, 5.74) is 3.45. The van der Waals surface area contributed by atoms with Gasteiger partial charge in [-0.2, -0.15) is 0 Å². The lowest BCUT2D eigenvalue weighted by Crippen LogP contribution is -2.21. The predicted molar refractivity (Wildman–Crippen MR) is 99.0 cm³/mol. The summed E-state index contributed by atoms with van der Waals surface area (Å²) < 4.78 is 6.00. The minimum absolute atomic E-state index is 0.226. The van der Waals surface area contributed by atoms with Gasteiger partial charge in [0.2, 0.25) is 0 Å². The molecule has 0 aromatic heterocycles. The molecule has 0 unspecified atom stereocenters. The molecule has 1 aliphatic rings. The number of carbonyl (C=O) groups is 1. The molecule has 0 aliphatic carbocycles. The van der Waals surface area contributed by atoms with Gasteiger partial charge in [0.1, 0.15) is 11.5 Å². The van der Waals surface area contributed by atoms with E-state index in [1.54, 1.807) is 0 Å². The second kappa shape index (κ2) is 7.99. The summed E-state index contributed by atoms with van der Waals surface area (Å²) in [7, 11) is 2.03. The molecule has 0 saturated carbocycles. The number of nitrogens with zero attached hydrogens (tertiary/aromatic N) is 1. The Labute approximate surface area is 148 Å². The number of carboxylic acid groups (broad SMARTS) is 1. The normalized spacial score (nSPS) is 12.3. The van der Waals surface area contributed by atoms with Crippen LogP contribution in [0.5, 0.6) is 11.5 Å². The van der Waals surface area contributed by atoms with Crippen LogP contribution in [-0.2, 0) is 4.79 Å². The molecule has 130 valence electrons. The maximum absolute atomic E-state index is 10.6. The molecular formula is C21H23NO3. The Bertz CT molecular complexity index is 735. The van der Waals surface area contributed by atoms with Crippen LogP contribution in [-0.4, -0.2) is 36.1 Å². The molecule has 25 heavy (non-hydrogen) atoms. The first kappa shape index (κ1) is 17.2. The highest BCUT2D eigenvalue weighted by Crippen LogP contribution is 2.43. The van der Waals surface area contributed by atoms with E-state index < -0.39 is 5.97 Å². The standard InChI is InChI=1S/C21H23NO3/c1-22(15-7-13-21(23)24)14-6-10-16-17-8-2-4-11-19(17)25-20-12-5-3-9-18(16)20/h2-5,8-12H,6-7,13-15H2,1H3,(H,23,24). The van der Waals surface area contributed by atoms with Crippen molar-refractivity contribution in [2.45, 2.75) is 19.3 Å². The van der Waals surface area contributed by atoms with Crippen molar-refractivity contribution in [1.29, 1.82) is 0 Å². The third-order valence-corrected chi connectivity index (χ3v) is 4.36. The van der Waals surface area contributed by atoms with Crippen LogP contribution in [0.15, 0.2) is 54.6 Å². The molecule has 3 rings (SSSR count). The van der Waals surface area contributed by atoms with Crippen molar-refractivity contribution in [2.75, 3.05) is 20.1 Å².